The SMILES string of the molecule is COC(=O)CC(NC(=O)c1ccc(-c2nc3ccccc3s2)o1)c1ccc(OC)cc1. The van der Waals surface area contributed by atoms with E-state index in [2.05, 4.69) is 10.3 Å². The second-order valence-corrected chi connectivity index (χ2v) is 7.76. The summed E-state index contributed by atoms with van der Waals surface area (Å²) in [5.74, 6) is 0.462. The predicted molar refractivity (Wildman–Crippen MR) is 117 cm³/mol. The maximum Gasteiger partial charge on any atom is 0.307 e. The van der Waals surface area contributed by atoms with Crippen LogP contribution in [0.2, 0.25) is 0 Å². The number of nitrogens with zero attached hydrogens (tertiary/aromatic N) is 1. The van der Waals surface area contributed by atoms with Gasteiger partial charge in [0.2, 0.25) is 0 Å². The Balaban J connectivity index is 1.54. The number of carbonyl (C=O) groups is 2. The summed E-state index contributed by atoms with van der Waals surface area (Å²) in [5, 5.41) is 3.55. The smallest absolute Gasteiger partial charge is 0.307 e. The van der Waals surface area contributed by atoms with Gasteiger partial charge in [-0.1, -0.05) is 24.3 Å². The molecule has 4 rings (SSSR count). The van der Waals surface area contributed by atoms with Crippen molar-refractivity contribution in [2.24, 2.45) is 0 Å². The number of carbonyl (C=O) groups excluding carboxylic acids is 2. The number of furan rings is 1. The first-order valence-corrected chi connectivity index (χ1v) is 10.4. The molecule has 0 radical (unpaired) electrons. The van der Waals surface area contributed by atoms with Gasteiger partial charge < -0.3 is 19.2 Å². The van der Waals surface area contributed by atoms with Crippen LogP contribution in [0.5, 0.6) is 5.75 Å². The summed E-state index contributed by atoms with van der Waals surface area (Å²) >= 11 is 1.49. The molecule has 0 spiro atoms. The van der Waals surface area contributed by atoms with Crippen LogP contribution >= 0.6 is 11.3 Å². The van der Waals surface area contributed by atoms with Crippen LogP contribution in [-0.4, -0.2) is 31.1 Å². The Labute approximate surface area is 182 Å². The van der Waals surface area contributed by atoms with Gasteiger partial charge in [-0.25, -0.2) is 4.98 Å². The number of esters is 1. The molecule has 0 fully saturated rings. The molecule has 0 aliphatic rings. The van der Waals surface area contributed by atoms with Crippen molar-refractivity contribution in [3.8, 4) is 16.5 Å². The average molecular weight is 436 g/mol. The number of nitrogens with one attached hydrogen (secondary N) is 1. The van der Waals surface area contributed by atoms with Crippen molar-refractivity contribution in [3.05, 3.63) is 72.0 Å². The highest BCUT2D eigenvalue weighted by Gasteiger charge is 2.22. The van der Waals surface area contributed by atoms with Crippen molar-refractivity contribution >= 4 is 33.4 Å². The van der Waals surface area contributed by atoms with Crippen molar-refractivity contribution in [2.75, 3.05) is 14.2 Å². The summed E-state index contributed by atoms with van der Waals surface area (Å²) in [6.07, 6.45) is -0.0139. The molecule has 158 valence electrons. The van der Waals surface area contributed by atoms with Crippen LogP contribution in [0, 0.1) is 0 Å². The monoisotopic (exact) mass is 436 g/mol. The molecule has 31 heavy (non-hydrogen) atoms. The fraction of sp³-hybridized carbons (Fsp3) is 0.174. The van der Waals surface area contributed by atoms with E-state index in [0.29, 0.717) is 16.5 Å². The Morgan fingerprint density at radius 2 is 1.84 bits per heavy atom. The van der Waals surface area contributed by atoms with Crippen LogP contribution in [0.15, 0.2) is 65.1 Å². The van der Waals surface area contributed by atoms with Crippen LogP contribution in [-0.2, 0) is 9.53 Å². The van der Waals surface area contributed by atoms with Crippen molar-refractivity contribution in [2.45, 2.75) is 12.5 Å². The summed E-state index contributed by atoms with van der Waals surface area (Å²) in [4.78, 5) is 29.3. The van der Waals surface area contributed by atoms with Crippen LogP contribution in [0.3, 0.4) is 0 Å². The third kappa shape index (κ3) is 4.59. The molecule has 1 unspecified atom stereocenters. The molecule has 7 nitrogen and oxygen atoms in total. The molecule has 0 saturated heterocycles. The molecule has 0 bridgehead atoms. The van der Waals surface area contributed by atoms with Gasteiger partial charge in [0, 0.05) is 0 Å². The minimum atomic E-state index is -0.582. The first-order valence-electron chi connectivity index (χ1n) is 9.55. The number of rotatable bonds is 7. The number of hydrogen-bond acceptors (Lipinski definition) is 7. The zero-order chi connectivity index (χ0) is 21.8. The molecule has 1 amide bonds. The number of methoxy groups -OCH3 is 2. The second kappa shape index (κ2) is 9.01. The van der Waals surface area contributed by atoms with Gasteiger partial charge in [-0.15, -0.1) is 11.3 Å². The van der Waals surface area contributed by atoms with E-state index in [1.807, 2.05) is 24.3 Å². The highest BCUT2D eigenvalue weighted by molar-refractivity contribution is 7.21. The van der Waals surface area contributed by atoms with Gasteiger partial charge in [0.25, 0.3) is 5.91 Å². The zero-order valence-corrected chi connectivity index (χ0v) is 17.8. The van der Waals surface area contributed by atoms with E-state index in [4.69, 9.17) is 13.9 Å². The number of para-hydroxylation sites is 1. The van der Waals surface area contributed by atoms with Crippen molar-refractivity contribution in [3.63, 3.8) is 0 Å². The lowest BCUT2D eigenvalue weighted by atomic mass is 10.0. The number of ether oxygens (including phenoxy) is 2. The molecule has 4 aromatic rings. The van der Waals surface area contributed by atoms with E-state index < -0.39 is 17.9 Å². The third-order valence-electron chi connectivity index (χ3n) is 4.76. The van der Waals surface area contributed by atoms with E-state index in [9.17, 15) is 9.59 Å². The summed E-state index contributed by atoms with van der Waals surface area (Å²) in [5.41, 5.74) is 1.63. The minimum Gasteiger partial charge on any atom is -0.497 e. The zero-order valence-electron chi connectivity index (χ0n) is 17.0. The van der Waals surface area contributed by atoms with Crippen LogP contribution < -0.4 is 10.1 Å². The number of amides is 1. The number of aromatic nitrogens is 1. The maximum absolute atomic E-state index is 12.8. The van der Waals surface area contributed by atoms with Gasteiger partial charge in [0.1, 0.15) is 5.75 Å². The van der Waals surface area contributed by atoms with Crippen LogP contribution in [0.25, 0.3) is 21.0 Å². The van der Waals surface area contributed by atoms with Gasteiger partial charge in [0.05, 0.1) is 36.9 Å². The second-order valence-electron chi connectivity index (χ2n) is 6.73. The fourth-order valence-corrected chi connectivity index (χ4v) is 4.05. The number of hydrogen-bond donors (Lipinski definition) is 1. The lowest BCUT2D eigenvalue weighted by Crippen LogP contribution is -2.30. The molecule has 1 N–H and O–H groups in total. The molecule has 2 aromatic carbocycles. The number of thiazole rings is 1. The quantitative estimate of drug-likeness (QED) is 0.426. The predicted octanol–water partition coefficient (Wildman–Crippen LogP) is 4.60. The average Bonchev–Trinajstić information content (AvgIpc) is 3.45. The number of benzene rings is 2. The van der Waals surface area contributed by atoms with Gasteiger partial charge >= 0.3 is 5.97 Å². The molecule has 1 atom stereocenters. The Kier molecular flexibility index (Phi) is 5.99. The minimum absolute atomic E-state index is 0.0139. The Morgan fingerprint density at radius 3 is 2.55 bits per heavy atom. The Bertz CT molecular complexity index is 1180. The fourth-order valence-electron chi connectivity index (χ4n) is 3.12. The third-order valence-corrected chi connectivity index (χ3v) is 5.81. The van der Waals surface area contributed by atoms with Crippen molar-refractivity contribution in [1.82, 2.24) is 10.3 Å². The molecule has 0 saturated carbocycles. The Hall–Kier alpha value is -3.65. The Morgan fingerprint density at radius 1 is 1.06 bits per heavy atom. The van der Waals surface area contributed by atoms with E-state index in [0.717, 1.165) is 15.8 Å². The lowest BCUT2D eigenvalue weighted by molar-refractivity contribution is -0.141. The molecule has 8 heteroatoms. The molecular formula is C23H20N2O5S. The topological polar surface area (TPSA) is 90.7 Å². The summed E-state index contributed by atoms with van der Waals surface area (Å²) in [7, 11) is 2.88. The van der Waals surface area contributed by atoms with Gasteiger partial charge in [0.15, 0.2) is 16.5 Å². The molecule has 0 aliphatic carbocycles. The molecule has 0 aliphatic heterocycles. The van der Waals surface area contributed by atoms with Gasteiger partial charge in [-0.3, -0.25) is 9.59 Å². The first kappa shape index (κ1) is 20.6. The normalized spacial score (nSPS) is 11.8. The highest BCUT2D eigenvalue weighted by Crippen LogP contribution is 2.31. The van der Waals surface area contributed by atoms with E-state index in [1.165, 1.54) is 18.4 Å². The van der Waals surface area contributed by atoms with Crippen molar-refractivity contribution < 1.29 is 23.5 Å². The van der Waals surface area contributed by atoms with E-state index >= 15 is 0 Å². The molecule has 2 heterocycles. The maximum atomic E-state index is 12.8. The largest absolute Gasteiger partial charge is 0.497 e. The molecule has 2 aromatic heterocycles. The van der Waals surface area contributed by atoms with E-state index in [-0.39, 0.29) is 12.2 Å². The first-order chi connectivity index (χ1) is 15.1. The van der Waals surface area contributed by atoms with Gasteiger partial charge in [-0.2, -0.15) is 0 Å². The molecular weight excluding hydrogens is 416 g/mol. The highest BCUT2D eigenvalue weighted by atomic mass is 32.1. The summed E-state index contributed by atoms with van der Waals surface area (Å²) in [6.45, 7) is 0. The number of fused-ring (bicyclic) bond motifs is 1. The van der Waals surface area contributed by atoms with Crippen molar-refractivity contribution in [1.29, 1.82) is 0 Å². The van der Waals surface area contributed by atoms with Crippen LogP contribution in [0.4, 0.5) is 0 Å². The lowest BCUT2D eigenvalue weighted by Gasteiger charge is -2.18. The standard InChI is InChI=1S/C23H20N2O5S/c1-28-15-9-7-14(8-10-15)17(13-21(26)29-2)24-22(27)18-11-12-19(30-18)23-25-16-5-3-4-6-20(16)31-23/h3-12,17H,13H2,1-2H3,(H,24,27). The summed E-state index contributed by atoms with van der Waals surface area (Å²) < 4.78 is 16.8. The summed E-state index contributed by atoms with van der Waals surface area (Å²) in [6, 6.07) is 17.6. The van der Waals surface area contributed by atoms with E-state index in [1.54, 1.807) is 43.5 Å². The van der Waals surface area contributed by atoms with Gasteiger partial charge in [-0.05, 0) is 42.0 Å². The van der Waals surface area contributed by atoms with Crippen LogP contribution in [0.1, 0.15) is 28.6 Å².